The first-order valence-electron chi connectivity index (χ1n) is 6.27. The van der Waals surface area contributed by atoms with Crippen molar-refractivity contribution in [3.63, 3.8) is 0 Å². The third-order valence-corrected chi connectivity index (χ3v) is 3.40. The Hall–Kier alpha value is -2.68. The molecule has 0 amide bonds. The smallest absolute Gasteiger partial charge is 0.194 e. The van der Waals surface area contributed by atoms with Gasteiger partial charge in [-0.2, -0.15) is 0 Å². The molecule has 1 aliphatic carbocycles. The lowest BCUT2D eigenvalue weighted by molar-refractivity contribution is 0.100. The van der Waals surface area contributed by atoms with Crippen LogP contribution in [-0.2, 0) is 0 Å². The van der Waals surface area contributed by atoms with Crippen LogP contribution in [0.15, 0.2) is 48.5 Å². The summed E-state index contributed by atoms with van der Waals surface area (Å²) in [6.45, 7) is 1.87. The molecule has 0 radical (unpaired) electrons. The summed E-state index contributed by atoms with van der Waals surface area (Å²) in [5, 5.41) is 9.93. The van der Waals surface area contributed by atoms with E-state index in [1.165, 1.54) is 12.1 Å². The highest BCUT2D eigenvalue weighted by atomic mass is 16.3. The van der Waals surface area contributed by atoms with Crippen molar-refractivity contribution in [2.24, 2.45) is 0 Å². The normalized spacial score (nSPS) is 13.9. The number of benzene rings is 2. The van der Waals surface area contributed by atoms with Crippen molar-refractivity contribution in [3.8, 4) is 5.75 Å². The molecule has 1 N–H and O–H groups in total. The largest absolute Gasteiger partial charge is 0.507 e. The molecule has 2 aromatic carbocycles. The molecule has 0 saturated heterocycles. The van der Waals surface area contributed by atoms with Crippen LogP contribution in [0.5, 0.6) is 5.75 Å². The van der Waals surface area contributed by atoms with Gasteiger partial charge in [0.15, 0.2) is 11.6 Å². The van der Waals surface area contributed by atoms with Gasteiger partial charge in [0.25, 0.3) is 0 Å². The second-order valence-corrected chi connectivity index (χ2v) is 4.82. The summed E-state index contributed by atoms with van der Waals surface area (Å²) in [7, 11) is 0. The third kappa shape index (κ3) is 1.84. The molecule has 0 unspecified atom stereocenters. The van der Waals surface area contributed by atoms with Crippen molar-refractivity contribution >= 4 is 17.1 Å². The molecule has 1 aliphatic rings. The Bertz CT molecular complexity index is 770. The SMILES string of the molecule is Cc1ccc(O)c(C2=CC(=O)c3ccccc3C2=O)c1. The van der Waals surface area contributed by atoms with E-state index < -0.39 is 0 Å². The van der Waals surface area contributed by atoms with E-state index in [9.17, 15) is 14.7 Å². The number of rotatable bonds is 1. The van der Waals surface area contributed by atoms with E-state index in [4.69, 9.17) is 0 Å². The van der Waals surface area contributed by atoms with Crippen LogP contribution in [0.4, 0.5) is 0 Å². The number of hydrogen-bond donors (Lipinski definition) is 1. The molecule has 0 fully saturated rings. The van der Waals surface area contributed by atoms with E-state index in [0.717, 1.165) is 5.56 Å². The summed E-state index contributed by atoms with van der Waals surface area (Å²) >= 11 is 0. The van der Waals surface area contributed by atoms with Crippen LogP contribution >= 0.6 is 0 Å². The highest BCUT2D eigenvalue weighted by Gasteiger charge is 2.27. The molecule has 98 valence electrons. The summed E-state index contributed by atoms with van der Waals surface area (Å²) in [5.41, 5.74) is 2.36. The average Bonchev–Trinajstić information content (AvgIpc) is 2.46. The second kappa shape index (κ2) is 4.46. The van der Waals surface area contributed by atoms with Gasteiger partial charge in [-0.15, -0.1) is 0 Å². The minimum Gasteiger partial charge on any atom is -0.507 e. The minimum atomic E-state index is -0.235. The van der Waals surface area contributed by atoms with Crippen LogP contribution in [0.3, 0.4) is 0 Å². The van der Waals surface area contributed by atoms with Gasteiger partial charge in [0.05, 0.1) is 0 Å². The summed E-state index contributed by atoms with van der Waals surface area (Å²) in [4.78, 5) is 24.6. The monoisotopic (exact) mass is 264 g/mol. The van der Waals surface area contributed by atoms with Gasteiger partial charge in [-0.05, 0) is 25.1 Å². The average molecular weight is 264 g/mol. The van der Waals surface area contributed by atoms with Gasteiger partial charge in [-0.25, -0.2) is 0 Å². The molecular weight excluding hydrogens is 252 g/mol. The topological polar surface area (TPSA) is 54.4 Å². The lowest BCUT2D eigenvalue weighted by Gasteiger charge is -2.16. The Labute approximate surface area is 116 Å². The summed E-state index contributed by atoms with van der Waals surface area (Å²) in [5.74, 6) is -0.445. The van der Waals surface area contributed by atoms with Crippen LogP contribution in [0.1, 0.15) is 31.8 Å². The molecule has 0 aromatic heterocycles. The number of aromatic hydroxyl groups is 1. The summed E-state index contributed by atoms with van der Waals surface area (Å²) < 4.78 is 0. The van der Waals surface area contributed by atoms with Gasteiger partial charge in [0.1, 0.15) is 5.75 Å². The number of Topliss-reactive ketones (excluding diaryl/α,β-unsaturated/α-hetero) is 1. The first-order chi connectivity index (χ1) is 9.58. The highest BCUT2D eigenvalue weighted by molar-refractivity contribution is 6.38. The Kier molecular flexibility index (Phi) is 2.75. The fourth-order valence-corrected chi connectivity index (χ4v) is 2.38. The van der Waals surface area contributed by atoms with E-state index in [-0.39, 0.29) is 22.9 Å². The van der Waals surface area contributed by atoms with Crippen LogP contribution in [0, 0.1) is 6.92 Å². The predicted molar refractivity (Wildman–Crippen MR) is 75.9 cm³/mol. The maximum atomic E-state index is 12.5. The molecular formula is C17H12O3. The maximum absolute atomic E-state index is 12.5. The van der Waals surface area contributed by atoms with Crippen molar-refractivity contribution < 1.29 is 14.7 Å². The first-order valence-corrected chi connectivity index (χ1v) is 6.27. The van der Waals surface area contributed by atoms with E-state index in [1.807, 2.05) is 6.92 Å². The Morgan fingerprint density at radius 1 is 0.900 bits per heavy atom. The fraction of sp³-hybridized carbons (Fsp3) is 0.0588. The van der Waals surface area contributed by atoms with Crippen LogP contribution in [0.25, 0.3) is 5.57 Å². The van der Waals surface area contributed by atoms with Gasteiger partial charge in [-0.3, -0.25) is 9.59 Å². The zero-order valence-corrected chi connectivity index (χ0v) is 10.9. The van der Waals surface area contributed by atoms with Gasteiger partial charge in [-0.1, -0.05) is 35.9 Å². The first kappa shape index (κ1) is 12.4. The number of allylic oxidation sites excluding steroid dienone is 2. The number of phenols is 1. The lowest BCUT2D eigenvalue weighted by Crippen LogP contribution is -2.16. The van der Waals surface area contributed by atoms with Crippen LogP contribution < -0.4 is 0 Å². The zero-order valence-electron chi connectivity index (χ0n) is 10.9. The number of aryl methyl sites for hydroxylation is 1. The molecule has 0 saturated carbocycles. The standard InChI is InChI=1S/C17H12O3/c1-10-6-7-15(18)13(8-10)14-9-16(19)11-4-2-3-5-12(11)17(14)20/h2-9,18H,1H3. The van der Waals surface area contributed by atoms with Gasteiger partial charge < -0.3 is 5.11 Å². The highest BCUT2D eigenvalue weighted by Crippen LogP contribution is 2.32. The van der Waals surface area contributed by atoms with Gasteiger partial charge >= 0.3 is 0 Å². The number of ketones is 2. The molecule has 0 aliphatic heterocycles. The Morgan fingerprint density at radius 2 is 1.60 bits per heavy atom. The van der Waals surface area contributed by atoms with E-state index in [2.05, 4.69) is 0 Å². The molecule has 0 heterocycles. The Balaban J connectivity index is 2.20. The van der Waals surface area contributed by atoms with Crippen LogP contribution in [-0.4, -0.2) is 16.7 Å². The number of fused-ring (bicyclic) bond motifs is 1. The molecule has 0 atom stereocenters. The quantitative estimate of drug-likeness (QED) is 0.860. The molecule has 3 nitrogen and oxygen atoms in total. The van der Waals surface area contributed by atoms with Crippen LogP contribution in [0.2, 0.25) is 0 Å². The van der Waals surface area contributed by atoms with Crippen molar-refractivity contribution in [3.05, 3.63) is 70.8 Å². The fourth-order valence-electron chi connectivity index (χ4n) is 2.38. The molecule has 0 bridgehead atoms. The minimum absolute atomic E-state index is 0.00220. The van der Waals surface area contributed by atoms with Gasteiger partial charge in [0, 0.05) is 22.3 Å². The molecule has 20 heavy (non-hydrogen) atoms. The molecule has 2 aromatic rings. The third-order valence-electron chi connectivity index (χ3n) is 3.40. The number of carbonyl (C=O) groups excluding carboxylic acids is 2. The second-order valence-electron chi connectivity index (χ2n) is 4.82. The van der Waals surface area contributed by atoms with Crippen molar-refractivity contribution in [1.82, 2.24) is 0 Å². The summed E-state index contributed by atoms with van der Waals surface area (Å²) in [6.07, 6.45) is 1.30. The molecule has 3 heteroatoms. The van der Waals surface area contributed by atoms with Crippen molar-refractivity contribution in [1.29, 1.82) is 0 Å². The number of hydrogen-bond acceptors (Lipinski definition) is 3. The number of phenolic OH excluding ortho intramolecular Hbond substituents is 1. The Morgan fingerprint density at radius 3 is 2.35 bits per heavy atom. The molecule has 3 rings (SSSR count). The van der Waals surface area contributed by atoms with Crippen molar-refractivity contribution in [2.75, 3.05) is 0 Å². The maximum Gasteiger partial charge on any atom is 0.194 e. The summed E-state index contributed by atoms with van der Waals surface area (Å²) in [6, 6.07) is 11.7. The van der Waals surface area contributed by atoms with E-state index in [1.54, 1.807) is 36.4 Å². The predicted octanol–water partition coefficient (Wildman–Crippen LogP) is 3.16. The lowest BCUT2D eigenvalue weighted by atomic mass is 9.85. The number of carbonyl (C=O) groups is 2. The van der Waals surface area contributed by atoms with E-state index >= 15 is 0 Å². The van der Waals surface area contributed by atoms with Crippen molar-refractivity contribution in [2.45, 2.75) is 6.92 Å². The van der Waals surface area contributed by atoms with Gasteiger partial charge in [0.2, 0.25) is 0 Å². The zero-order chi connectivity index (χ0) is 14.3. The van der Waals surface area contributed by atoms with E-state index in [0.29, 0.717) is 16.7 Å². The molecule has 0 spiro atoms.